The van der Waals surface area contributed by atoms with E-state index in [1.807, 2.05) is 21.0 Å². The second-order valence-corrected chi connectivity index (χ2v) is 3.90. The number of nitrogens with zero attached hydrogens (tertiary/aromatic N) is 1. The van der Waals surface area contributed by atoms with Crippen LogP contribution in [0.3, 0.4) is 0 Å². The molecule has 0 saturated carbocycles. The molecule has 1 unspecified atom stereocenters. The largest absolute Gasteiger partial charge is 0.370 e. The van der Waals surface area contributed by atoms with Crippen molar-refractivity contribution < 1.29 is 9.53 Å². The molecule has 3 N–H and O–H groups in total. The van der Waals surface area contributed by atoms with Gasteiger partial charge in [0, 0.05) is 12.6 Å². The van der Waals surface area contributed by atoms with Crippen molar-refractivity contribution in [3.63, 3.8) is 0 Å². The monoisotopic (exact) mass is 217 g/mol. The van der Waals surface area contributed by atoms with E-state index in [4.69, 9.17) is 10.5 Å². The van der Waals surface area contributed by atoms with Crippen molar-refractivity contribution in [3.05, 3.63) is 0 Å². The Bertz CT molecular complexity index is 174. The quantitative estimate of drug-likeness (QED) is 0.534. The van der Waals surface area contributed by atoms with E-state index < -0.39 is 0 Å². The lowest BCUT2D eigenvalue weighted by Crippen LogP contribution is -2.37. The number of amides is 1. The molecule has 0 rings (SSSR count). The van der Waals surface area contributed by atoms with Gasteiger partial charge in [-0.2, -0.15) is 0 Å². The summed E-state index contributed by atoms with van der Waals surface area (Å²) in [7, 11) is 4.03. The smallest absolute Gasteiger partial charge is 0.246 e. The Labute approximate surface area is 91.9 Å². The van der Waals surface area contributed by atoms with Gasteiger partial charge in [-0.05, 0) is 34.0 Å². The maximum atomic E-state index is 11.3. The van der Waals surface area contributed by atoms with Gasteiger partial charge in [-0.3, -0.25) is 4.79 Å². The molecule has 0 heterocycles. The SMILES string of the molecule is CC(CCN(C)C)NC(=O)COCCN. The minimum atomic E-state index is -0.0743. The summed E-state index contributed by atoms with van der Waals surface area (Å²) in [5.74, 6) is -0.0743. The molecule has 90 valence electrons. The number of carbonyl (C=O) groups is 1. The fourth-order valence-electron chi connectivity index (χ4n) is 1.09. The van der Waals surface area contributed by atoms with Crippen LogP contribution in [-0.4, -0.2) is 57.2 Å². The van der Waals surface area contributed by atoms with Crippen LogP contribution in [-0.2, 0) is 9.53 Å². The van der Waals surface area contributed by atoms with E-state index >= 15 is 0 Å². The molecule has 0 bridgehead atoms. The van der Waals surface area contributed by atoms with Gasteiger partial charge in [0.1, 0.15) is 6.61 Å². The molecule has 0 fully saturated rings. The average molecular weight is 217 g/mol. The van der Waals surface area contributed by atoms with Gasteiger partial charge in [0.05, 0.1) is 6.61 Å². The zero-order chi connectivity index (χ0) is 11.7. The second-order valence-electron chi connectivity index (χ2n) is 3.90. The molecule has 1 atom stereocenters. The second kappa shape index (κ2) is 8.64. The standard InChI is InChI=1S/C10H23N3O2/c1-9(4-6-13(2)3)12-10(14)8-15-7-5-11/h9H,4-8,11H2,1-3H3,(H,12,14). The van der Waals surface area contributed by atoms with Crippen molar-refractivity contribution in [3.8, 4) is 0 Å². The van der Waals surface area contributed by atoms with E-state index in [-0.39, 0.29) is 18.6 Å². The van der Waals surface area contributed by atoms with Crippen LogP contribution in [0.4, 0.5) is 0 Å². The van der Waals surface area contributed by atoms with E-state index in [2.05, 4.69) is 10.2 Å². The van der Waals surface area contributed by atoms with Gasteiger partial charge in [0.15, 0.2) is 0 Å². The highest BCUT2D eigenvalue weighted by Crippen LogP contribution is 1.92. The molecule has 0 radical (unpaired) electrons. The fourth-order valence-corrected chi connectivity index (χ4v) is 1.09. The van der Waals surface area contributed by atoms with Crippen LogP contribution in [0, 0.1) is 0 Å². The van der Waals surface area contributed by atoms with Gasteiger partial charge >= 0.3 is 0 Å². The van der Waals surface area contributed by atoms with Gasteiger partial charge < -0.3 is 20.7 Å². The molecule has 0 spiro atoms. The molecule has 0 aromatic heterocycles. The molecule has 5 nitrogen and oxygen atoms in total. The summed E-state index contributed by atoms with van der Waals surface area (Å²) < 4.78 is 5.02. The number of nitrogens with one attached hydrogen (secondary N) is 1. The van der Waals surface area contributed by atoms with Gasteiger partial charge in [-0.15, -0.1) is 0 Å². The molecule has 0 aromatic rings. The van der Waals surface area contributed by atoms with Crippen LogP contribution in [0.5, 0.6) is 0 Å². The van der Waals surface area contributed by atoms with Gasteiger partial charge in [0.25, 0.3) is 0 Å². The highest BCUT2D eigenvalue weighted by atomic mass is 16.5. The van der Waals surface area contributed by atoms with E-state index in [1.165, 1.54) is 0 Å². The number of rotatable bonds is 8. The Morgan fingerprint density at radius 3 is 2.73 bits per heavy atom. The Kier molecular flexibility index (Phi) is 8.27. The topological polar surface area (TPSA) is 67.6 Å². The van der Waals surface area contributed by atoms with Crippen molar-refractivity contribution in [2.75, 3.05) is 40.4 Å². The number of hydrogen-bond acceptors (Lipinski definition) is 4. The summed E-state index contributed by atoms with van der Waals surface area (Å²) in [4.78, 5) is 13.4. The maximum Gasteiger partial charge on any atom is 0.246 e. The van der Waals surface area contributed by atoms with Crippen molar-refractivity contribution >= 4 is 5.91 Å². The average Bonchev–Trinajstić information content (AvgIpc) is 2.15. The summed E-state index contributed by atoms with van der Waals surface area (Å²) in [5.41, 5.74) is 5.23. The number of carbonyl (C=O) groups excluding carboxylic acids is 1. The van der Waals surface area contributed by atoms with Crippen LogP contribution in [0.2, 0.25) is 0 Å². The first-order chi connectivity index (χ1) is 7.06. The molecule has 0 saturated heterocycles. The Hall–Kier alpha value is -0.650. The van der Waals surface area contributed by atoms with Crippen LogP contribution in [0.15, 0.2) is 0 Å². The van der Waals surface area contributed by atoms with E-state index in [0.29, 0.717) is 13.2 Å². The summed E-state index contributed by atoms with van der Waals surface area (Å²) in [6.07, 6.45) is 0.940. The molecule has 0 aliphatic carbocycles. The molecule has 0 aromatic carbocycles. The van der Waals surface area contributed by atoms with Crippen LogP contribution in [0.25, 0.3) is 0 Å². The number of hydrogen-bond donors (Lipinski definition) is 2. The molecule has 1 amide bonds. The summed E-state index contributed by atoms with van der Waals surface area (Å²) in [6.45, 7) is 3.93. The lowest BCUT2D eigenvalue weighted by molar-refractivity contribution is -0.126. The zero-order valence-corrected chi connectivity index (χ0v) is 9.95. The lowest BCUT2D eigenvalue weighted by Gasteiger charge is -2.16. The Morgan fingerprint density at radius 2 is 2.20 bits per heavy atom. The van der Waals surface area contributed by atoms with E-state index in [1.54, 1.807) is 0 Å². The van der Waals surface area contributed by atoms with Gasteiger partial charge in [-0.25, -0.2) is 0 Å². The van der Waals surface area contributed by atoms with Gasteiger partial charge in [0.2, 0.25) is 5.91 Å². The summed E-state index contributed by atoms with van der Waals surface area (Å²) in [5, 5.41) is 2.86. The van der Waals surface area contributed by atoms with Crippen molar-refractivity contribution in [2.24, 2.45) is 5.73 Å². The predicted octanol–water partition coefficient (Wildman–Crippen LogP) is -0.582. The predicted molar refractivity (Wildman–Crippen MR) is 60.6 cm³/mol. The van der Waals surface area contributed by atoms with Crippen LogP contribution >= 0.6 is 0 Å². The maximum absolute atomic E-state index is 11.3. The zero-order valence-electron chi connectivity index (χ0n) is 9.95. The molecular weight excluding hydrogens is 194 g/mol. The lowest BCUT2D eigenvalue weighted by atomic mass is 10.2. The summed E-state index contributed by atoms with van der Waals surface area (Å²) in [6, 6.07) is 0.182. The third kappa shape index (κ3) is 9.65. The molecule has 0 aliphatic heterocycles. The first-order valence-electron chi connectivity index (χ1n) is 5.28. The number of ether oxygens (including phenoxy) is 1. The van der Waals surface area contributed by atoms with Crippen molar-refractivity contribution in [1.82, 2.24) is 10.2 Å². The Morgan fingerprint density at radius 1 is 1.53 bits per heavy atom. The minimum Gasteiger partial charge on any atom is -0.370 e. The van der Waals surface area contributed by atoms with Crippen molar-refractivity contribution in [1.29, 1.82) is 0 Å². The van der Waals surface area contributed by atoms with E-state index in [9.17, 15) is 4.79 Å². The fraction of sp³-hybridized carbons (Fsp3) is 0.900. The molecule has 5 heteroatoms. The minimum absolute atomic E-state index is 0.0743. The molecule has 15 heavy (non-hydrogen) atoms. The highest BCUT2D eigenvalue weighted by molar-refractivity contribution is 5.77. The molecular formula is C10H23N3O2. The highest BCUT2D eigenvalue weighted by Gasteiger charge is 2.07. The molecule has 0 aliphatic rings. The first-order valence-corrected chi connectivity index (χ1v) is 5.28. The third-order valence-corrected chi connectivity index (χ3v) is 1.91. The third-order valence-electron chi connectivity index (χ3n) is 1.91. The normalized spacial score (nSPS) is 12.9. The van der Waals surface area contributed by atoms with Crippen LogP contribution < -0.4 is 11.1 Å². The van der Waals surface area contributed by atoms with Crippen molar-refractivity contribution in [2.45, 2.75) is 19.4 Å². The van der Waals surface area contributed by atoms with E-state index in [0.717, 1.165) is 13.0 Å². The Balaban J connectivity index is 3.49. The van der Waals surface area contributed by atoms with Crippen LogP contribution in [0.1, 0.15) is 13.3 Å². The number of nitrogens with two attached hydrogens (primary N) is 1. The summed E-state index contributed by atoms with van der Waals surface area (Å²) >= 11 is 0. The first kappa shape index (κ1) is 14.3. The van der Waals surface area contributed by atoms with Gasteiger partial charge in [-0.1, -0.05) is 0 Å².